The summed E-state index contributed by atoms with van der Waals surface area (Å²) in [4.78, 5) is 28.5. The van der Waals surface area contributed by atoms with Crippen LogP contribution in [-0.2, 0) is 6.54 Å². The average Bonchev–Trinajstić information content (AvgIpc) is 2.96. The van der Waals surface area contributed by atoms with E-state index in [0.717, 1.165) is 6.42 Å². The van der Waals surface area contributed by atoms with Crippen LogP contribution in [0.1, 0.15) is 45.8 Å². The molecule has 0 spiro atoms. The minimum Gasteiger partial charge on any atom is -0.491 e. The lowest BCUT2D eigenvalue weighted by Gasteiger charge is -2.30. The third-order valence-electron chi connectivity index (χ3n) is 5.14. The highest BCUT2D eigenvalue weighted by Crippen LogP contribution is 2.36. The molecule has 2 aromatic rings. The first-order valence-corrected chi connectivity index (χ1v) is 9.17. The van der Waals surface area contributed by atoms with Crippen LogP contribution in [0.5, 0.6) is 5.75 Å². The fourth-order valence-electron chi connectivity index (χ4n) is 3.41. The molecule has 0 atom stereocenters. The molecular formula is C20H19FN4O4. The van der Waals surface area contributed by atoms with Crippen LogP contribution in [0.25, 0.3) is 11.4 Å². The molecule has 29 heavy (non-hydrogen) atoms. The van der Waals surface area contributed by atoms with Gasteiger partial charge >= 0.3 is 0 Å². The second-order valence-corrected chi connectivity index (χ2v) is 7.04. The van der Waals surface area contributed by atoms with Gasteiger partial charge in [-0.25, -0.2) is 9.37 Å². The minimum atomic E-state index is -1.08. The lowest BCUT2D eigenvalue weighted by Crippen LogP contribution is -2.34. The second-order valence-electron chi connectivity index (χ2n) is 7.04. The predicted octanol–water partition coefficient (Wildman–Crippen LogP) is 0.807. The molecule has 2 amide bonds. The summed E-state index contributed by atoms with van der Waals surface area (Å²) < 4.78 is 21.7. The van der Waals surface area contributed by atoms with E-state index in [1.807, 2.05) is 0 Å². The smallest absolute Gasteiger partial charge is 0.270 e. The van der Waals surface area contributed by atoms with Crippen molar-refractivity contribution >= 4 is 11.8 Å². The first kappa shape index (κ1) is 19.0. The Labute approximate surface area is 165 Å². The third kappa shape index (κ3) is 3.21. The molecule has 1 fully saturated rings. The largest absolute Gasteiger partial charge is 0.491 e. The summed E-state index contributed by atoms with van der Waals surface area (Å²) in [6.45, 7) is 0.359. The molecule has 2 heterocycles. The summed E-state index contributed by atoms with van der Waals surface area (Å²) >= 11 is 0. The van der Waals surface area contributed by atoms with Crippen molar-refractivity contribution in [2.24, 2.45) is 5.73 Å². The zero-order chi connectivity index (χ0) is 20.8. The second kappa shape index (κ2) is 6.90. The topological polar surface area (TPSA) is 119 Å². The van der Waals surface area contributed by atoms with E-state index in [4.69, 9.17) is 10.5 Å². The van der Waals surface area contributed by atoms with Crippen LogP contribution in [0.3, 0.4) is 0 Å². The van der Waals surface area contributed by atoms with Gasteiger partial charge in [0.05, 0.1) is 17.7 Å². The Hall–Kier alpha value is -3.38. The standard InChI is InChI=1S/C20H19FN4O4/c1-23-19(27)16-15(17(22)26)24-18-12-9-11(3-6-20(28)4-2-5-20)13(21)10-14(12)29-8-7-25(16)18/h9-10,28H,2,4-5,7-8H2,1H3,(H2,22,26)(H,23,27). The molecule has 0 unspecified atom stereocenters. The van der Waals surface area contributed by atoms with Gasteiger partial charge in [-0.15, -0.1) is 0 Å². The first-order valence-electron chi connectivity index (χ1n) is 9.17. The number of imidazole rings is 1. The van der Waals surface area contributed by atoms with E-state index in [2.05, 4.69) is 22.1 Å². The number of nitrogens with zero attached hydrogens (tertiary/aromatic N) is 2. The van der Waals surface area contributed by atoms with Gasteiger partial charge in [0, 0.05) is 13.1 Å². The number of nitrogens with two attached hydrogens (primary N) is 1. The molecular weight excluding hydrogens is 379 g/mol. The number of ether oxygens (including phenoxy) is 1. The highest BCUT2D eigenvalue weighted by atomic mass is 19.1. The van der Waals surface area contributed by atoms with E-state index in [1.165, 1.54) is 23.7 Å². The average molecular weight is 398 g/mol. The van der Waals surface area contributed by atoms with Crippen molar-refractivity contribution in [2.75, 3.05) is 13.7 Å². The summed E-state index contributed by atoms with van der Waals surface area (Å²) in [5.74, 6) is 3.94. The molecule has 4 N–H and O–H groups in total. The Morgan fingerprint density at radius 3 is 2.79 bits per heavy atom. The van der Waals surface area contributed by atoms with Crippen LogP contribution in [0.4, 0.5) is 4.39 Å². The van der Waals surface area contributed by atoms with Gasteiger partial charge in [0.2, 0.25) is 0 Å². The van der Waals surface area contributed by atoms with E-state index in [1.54, 1.807) is 0 Å². The normalized spacial score (nSPS) is 16.1. The maximum absolute atomic E-state index is 14.5. The van der Waals surface area contributed by atoms with E-state index in [-0.39, 0.29) is 41.7 Å². The molecule has 1 aromatic carbocycles. The van der Waals surface area contributed by atoms with Gasteiger partial charge in [0.15, 0.2) is 5.69 Å². The SMILES string of the molecule is CNC(=O)c1c(C(N)=O)nc2n1CCOc1cc(F)c(C#CC3(O)CCC3)cc1-2. The van der Waals surface area contributed by atoms with Gasteiger partial charge in [0.25, 0.3) is 11.8 Å². The van der Waals surface area contributed by atoms with Crippen molar-refractivity contribution < 1.29 is 23.8 Å². The Morgan fingerprint density at radius 1 is 1.41 bits per heavy atom. The quantitative estimate of drug-likeness (QED) is 0.647. The van der Waals surface area contributed by atoms with Crippen LogP contribution in [0.15, 0.2) is 12.1 Å². The fourth-order valence-corrected chi connectivity index (χ4v) is 3.41. The number of primary amides is 1. The number of aliphatic hydroxyl groups is 1. The molecule has 0 radical (unpaired) electrons. The van der Waals surface area contributed by atoms with Gasteiger partial charge in [-0.2, -0.15) is 0 Å². The number of nitrogens with one attached hydrogen (secondary N) is 1. The van der Waals surface area contributed by atoms with E-state index in [9.17, 15) is 19.1 Å². The number of carbonyl (C=O) groups excluding carboxylic acids is 2. The molecule has 0 saturated heterocycles. The van der Waals surface area contributed by atoms with Gasteiger partial charge in [0.1, 0.15) is 35.3 Å². The number of aromatic nitrogens is 2. The van der Waals surface area contributed by atoms with Crippen LogP contribution < -0.4 is 15.8 Å². The zero-order valence-electron chi connectivity index (χ0n) is 15.7. The molecule has 4 rings (SSSR count). The summed E-state index contributed by atoms with van der Waals surface area (Å²) in [5, 5.41) is 12.6. The van der Waals surface area contributed by atoms with Crippen LogP contribution in [-0.4, -0.2) is 45.7 Å². The van der Waals surface area contributed by atoms with Crippen LogP contribution in [0.2, 0.25) is 0 Å². The molecule has 9 heteroatoms. The fraction of sp³-hybridized carbons (Fsp3) is 0.350. The Bertz CT molecular complexity index is 1090. The van der Waals surface area contributed by atoms with Gasteiger partial charge < -0.3 is 25.5 Å². The third-order valence-corrected chi connectivity index (χ3v) is 5.14. The van der Waals surface area contributed by atoms with Gasteiger partial charge in [-0.1, -0.05) is 11.8 Å². The molecule has 8 nitrogen and oxygen atoms in total. The number of hydrogen-bond acceptors (Lipinski definition) is 5. The molecule has 0 bridgehead atoms. The van der Waals surface area contributed by atoms with Gasteiger partial charge in [-0.05, 0) is 25.3 Å². The first-order chi connectivity index (χ1) is 13.8. The highest BCUT2D eigenvalue weighted by molar-refractivity contribution is 6.05. The predicted molar refractivity (Wildman–Crippen MR) is 101 cm³/mol. The Kier molecular flexibility index (Phi) is 4.51. The van der Waals surface area contributed by atoms with Crippen LogP contribution >= 0.6 is 0 Å². The summed E-state index contributed by atoms with van der Waals surface area (Å²) in [7, 11) is 1.43. The molecule has 1 aliphatic heterocycles. The zero-order valence-corrected chi connectivity index (χ0v) is 15.7. The maximum atomic E-state index is 14.5. The number of amides is 2. The van der Waals surface area contributed by atoms with Crippen molar-refractivity contribution in [1.29, 1.82) is 0 Å². The number of hydrogen-bond donors (Lipinski definition) is 3. The van der Waals surface area contributed by atoms with Gasteiger partial charge in [-0.3, -0.25) is 9.59 Å². The van der Waals surface area contributed by atoms with Crippen molar-refractivity contribution in [3.05, 3.63) is 34.9 Å². The van der Waals surface area contributed by atoms with E-state index >= 15 is 0 Å². The Balaban J connectivity index is 1.89. The highest BCUT2D eigenvalue weighted by Gasteiger charge is 2.32. The summed E-state index contributed by atoms with van der Waals surface area (Å²) in [6.07, 6.45) is 1.98. The maximum Gasteiger partial charge on any atom is 0.270 e. The summed E-state index contributed by atoms with van der Waals surface area (Å²) in [6, 6.07) is 2.64. The Morgan fingerprint density at radius 2 is 2.17 bits per heavy atom. The molecule has 1 aromatic heterocycles. The molecule has 1 saturated carbocycles. The number of halogens is 1. The minimum absolute atomic E-state index is 0.0205. The lowest BCUT2D eigenvalue weighted by molar-refractivity contribution is 0.0239. The lowest BCUT2D eigenvalue weighted by atomic mass is 9.81. The number of carbonyl (C=O) groups is 2. The van der Waals surface area contributed by atoms with E-state index in [0.29, 0.717) is 18.4 Å². The number of rotatable bonds is 2. The number of fused-ring (bicyclic) bond motifs is 3. The van der Waals surface area contributed by atoms with Crippen molar-refractivity contribution in [3.63, 3.8) is 0 Å². The molecule has 1 aliphatic carbocycles. The van der Waals surface area contributed by atoms with Crippen molar-refractivity contribution in [3.8, 4) is 29.0 Å². The van der Waals surface area contributed by atoms with Crippen molar-refractivity contribution in [1.82, 2.24) is 14.9 Å². The molecule has 2 aliphatic rings. The van der Waals surface area contributed by atoms with Crippen LogP contribution in [0, 0.1) is 17.7 Å². The van der Waals surface area contributed by atoms with E-state index < -0.39 is 23.2 Å². The monoisotopic (exact) mass is 398 g/mol. The molecule has 150 valence electrons. The van der Waals surface area contributed by atoms with Crippen molar-refractivity contribution in [2.45, 2.75) is 31.4 Å². The number of benzene rings is 1. The summed E-state index contributed by atoms with van der Waals surface area (Å²) in [5.41, 5.74) is 4.62.